The second-order valence-corrected chi connectivity index (χ2v) is 5.68. The van der Waals surface area contributed by atoms with Crippen molar-refractivity contribution in [2.75, 3.05) is 7.11 Å². The minimum atomic E-state index is -3.83. The highest BCUT2D eigenvalue weighted by Gasteiger charge is 2.20. The van der Waals surface area contributed by atoms with Gasteiger partial charge in [-0.1, -0.05) is 13.3 Å². The Bertz CT molecular complexity index is 605. The van der Waals surface area contributed by atoms with Gasteiger partial charge in [-0.25, -0.2) is 18.2 Å². The average Bonchev–Trinajstić information content (AvgIpc) is 2.45. The molecule has 1 rings (SSSR count). The maximum atomic E-state index is 12.0. The molecule has 0 aliphatic rings. The molecule has 0 spiro atoms. The Balaban J connectivity index is 2.93. The molecule has 0 bridgehead atoms. The Morgan fingerprint density at radius 3 is 2.70 bits per heavy atom. The number of esters is 1. The van der Waals surface area contributed by atoms with Crippen LogP contribution in [0.2, 0.25) is 0 Å². The summed E-state index contributed by atoms with van der Waals surface area (Å²) in [5.74, 6) is -0.650. The number of aromatic nitrogens is 1. The van der Waals surface area contributed by atoms with Crippen molar-refractivity contribution in [2.45, 2.75) is 30.7 Å². The molecule has 1 unspecified atom stereocenters. The van der Waals surface area contributed by atoms with Gasteiger partial charge in [-0.15, -0.1) is 0 Å². The molecule has 0 saturated carbocycles. The molecule has 108 valence electrons. The number of rotatable bonds is 6. The first-order valence-electron chi connectivity index (χ1n) is 5.91. The van der Waals surface area contributed by atoms with Gasteiger partial charge in [0.05, 0.1) is 13.2 Å². The Kier molecular flexibility index (Phi) is 5.61. The molecule has 20 heavy (non-hydrogen) atoms. The first-order valence-corrected chi connectivity index (χ1v) is 7.39. The highest BCUT2D eigenvalue weighted by atomic mass is 32.2. The van der Waals surface area contributed by atoms with E-state index in [2.05, 4.69) is 14.4 Å². The maximum absolute atomic E-state index is 12.0. The molecule has 0 saturated heterocycles. The van der Waals surface area contributed by atoms with Crippen LogP contribution in [0, 0.1) is 11.3 Å². The third kappa shape index (κ3) is 4.01. The predicted octanol–water partition coefficient (Wildman–Crippen LogP) is 0.839. The van der Waals surface area contributed by atoms with E-state index in [1.165, 1.54) is 19.2 Å². The Labute approximate surface area is 117 Å². The van der Waals surface area contributed by atoms with Crippen LogP contribution in [-0.2, 0) is 14.8 Å². The summed E-state index contributed by atoms with van der Waals surface area (Å²) in [5.41, 5.74) is 0.0110. The zero-order chi connectivity index (χ0) is 15.2. The molecule has 1 N–H and O–H groups in total. The first-order chi connectivity index (χ1) is 9.44. The molecule has 1 aromatic rings. The molecular weight excluding hydrogens is 282 g/mol. The first kappa shape index (κ1) is 16.1. The average molecular weight is 297 g/mol. The number of nitriles is 1. The molecule has 1 aromatic heterocycles. The van der Waals surface area contributed by atoms with Gasteiger partial charge in [0.15, 0.2) is 0 Å². The van der Waals surface area contributed by atoms with Crippen LogP contribution < -0.4 is 4.72 Å². The predicted molar refractivity (Wildman–Crippen MR) is 70.2 cm³/mol. The van der Waals surface area contributed by atoms with E-state index in [4.69, 9.17) is 5.26 Å². The van der Waals surface area contributed by atoms with Crippen molar-refractivity contribution in [1.29, 1.82) is 5.26 Å². The van der Waals surface area contributed by atoms with Crippen molar-refractivity contribution in [3.63, 3.8) is 0 Å². The molecule has 7 nitrogen and oxygen atoms in total. The van der Waals surface area contributed by atoms with Crippen LogP contribution in [0.4, 0.5) is 0 Å². The van der Waals surface area contributed by atoms with Gasteiger partial charge in [-0.3, -0.25) is 0 Å². The second kappa shape index (κ2) is 6.98. The highest BCUT2D eigenvalue weighted by Crippen LogP contribution is 2.10. The van der Waals surface area contributed by atoms with Crippen LogP contribution in [0.3, 0.4) is 0 Å². The number of methoxy groups -OCH3 is 1. The van der Waals surface area contributed by atoms with Crippen LogP contribution >= 0.6 is 0 Å². The number of carbonyl (C=O) groups is 1. The lowest BCUT2D eigenvalue weighted by Gasteiger charge is -2.11. The molecule has 1 heterocycles. The summed E-state index contributed by atoms with van der Waals surface area (Å²) in [4.78, 5) is 14.8. The zero-order valence-corrected chi connectivity index (χ0v) is 12.0. The molecule has 0 fully saturated rings. The van der Waals surface area contributed by atoms with E-state index in [0.717, 1.165) is 6.20 Å². The SMILES string of the molecule is CCCC(C#N)NS(=O)(=O)c1ccc(C(=O)OC)nc1. The van der Waals surface area contributed by atoms with Crippen molar-refractivity contribution >= 4 is 16.0 Å². The van der Waals surface area contributed by atoms with Gasteiger partial charge in [-0.2, -0.15) is 9.98 Å². The number of pyridine rings is 1. The van der Waals surface area contributed by atoms with Gasteiger partial charge in [0.2, 0.25) is 10.0 Å². The standard InChI is InChI=1S/C12H15N3O4S/c1-3-4-9(7-13)15-20(17,18)10-5-6-11(14-8-10)12(16)19-2/h5-6,8-9,15H,3-4H2,1-2H3. The summed E-state index contributed by atoms with van der Waals surface area (Å²) in [7, 11) is -2.62. The fraction of sp³-hybridized carbons (Fsp3) is 0.417. The summed E-state index contributed by atoms with van der Waals surface area (Å²) in [6, 6.07) is 3.59. The minimum Gasteiger partial charge on any atom is -0.464 e. The number of nitrogens with one attached hydrogen (secondary N) is 1. The van der Waals surface area contributed by atoms with Crippen LogP contribution in [0.15, 0.2) is 23.2 Å². The summed E-state index contributed by atoms with van der Waals surface area (Å²) in [6.07, 6.45) is 2.15. The van der Waals surface area contributed by atoms with Gasteiger partial charge >= 0.3 is 5.97 Å². The number of carbonyl (C=O) groups excluding carboxylic acids is 1. The van der Waals surface area contributed by atoms with Gasteiger partial charge in [0.1, 0.15) is 16.6 Å². The lowest BCUT2D eigenvalue weighted by Crippen LogP contribution is -2.33. The lowest BCUT2D eigenvalue weighted by molar-refractivity contribution is 0.0594. The molecule has 0 aromatic carbocycles. The van der Waals surface area contributed by atoms with Crippen molar-refractivity contribution in [2.24, 2.45) is 0 Å². The number of ether oxygens (including phenoxy) is 1. The molecule has 0 amide bonds. The quantitative estimate of drug-likeness (QED) is 0.779. The van der Waals surface area contributed by atoms with Crippen LogP contribution in [0.25, 0.3) is 0 Å². The molecule has 0 aliphatic carbocycles. The Morgan fingerprint density at radius 2 is 2.25 bits per heavy atom. The summed E-state index contributed by atoms with van der Waals surface area (Å²) < 4.78 is 30.8. The van der Waals surface area contributed by atoms with E-state index >= 15 is 0 Å². The fourth-order valence-electron chi connectivity index (χ4n) is 1.46. The minimum absolute atomic E-state index is 0.0110. The molecule has 0 radical (unpaired) electrons. The molecule has 0 aliphatic heterocycles. The fourth-order valence-corrected chi connectivity index (χ4v) is 2.58. The molecule has 8 heteroatoms. The Hall–Kier alpha value is -1.98. The van der Waals surface area contributed by atoms with E-state index in [1.54, 1.807) is 0 Å². The number of hydrogen-bond acceptors (Lipinski definition) is 6. The summed E-state index contributed by atoms with van der Waals surface area (Å²) in [5, 5.41) is 8.86. The largest absolute Gasteiger partial charge is 0.464 e. The summed E-state index contributed by atoms with van der Waals surface area (Å²) in [6.45, 7) is 1.85. The third-order valence-electron chi connectivity index (χ3n) is 2.47. The van der Waals surface area contributed by atoms with Crippen LogP contribution in [0.5, 0.6) is 0 Å². The van der Waals surface area contributed by atoms with E-state index < -0.39 is 22.0 Å². The third-order valence-corrected chi connectivity index (χ3v) is 3.93. The topological polar surface area (TPSA) is 109 Å². The van der Waals surface area contributed by atoms with Crippen LogP contribution in [-0.4, -0.2) is 32.5 Å². The van der Waals surface area contributed by atoms with E-state index in [-0.39, 0.29) is 10.6 Å². The van der Waals surface area contributed by atoms with Gasteiger partial charge in [0, 0.05) is 6.20 Å². The van der Waals surface area contributed by atoms with Crippen molar-refractivity contribution in [3.05, 3.63) is 24.0 Å². The number of nitrogens with zero attached hydrogens (tertiary/aromatic N) is 2. The van der Waals surface area contributed by atoms with Crippen LogP contribution in [0.1, 0.15) is 30.3 Å². The number of hydrogen-bond donors (Lipinski definition) is 1. The van der Waals surface area contributed by atoms with Gasteiger partial charge in [-0.05, 0) is 18.6 Å². The maximum Gasteiger partial charge on any atom is 0.356 e. The van der Waals surface area contributed by atoms with E-state index in [0.29, 0.717) is 12.8 Å². The summed E-state index contributed by atoms with van der Waals surface area (Å²) >= 11 is 0. The van der Waals surface area contributed by atoms with E-state index in [9.17, 15) is 13.2 Å². The van der Waals surface area contributed by atoms with Crippen molar-refractivity contribution < 1.29 is 17.9 Å². The Morgan fingerprint density at radius 1 is 1.55 bits per heavy atom. The smallest absolute Gasteiger partial charge is 0.356 e. The van der Waals surface area contributed by atoms with Crippen molar-refractivity contribution in [1.82, 2.24) is 9.71 Å². The normalized spacial score (nSPS) is 12.4. The molecule has 1 atom stereocenters. The lowest BCUT2D eigenvalue weighted by atomic mass is 10.2. The highest BCUT2D eigenvalue weighted by molar-refractivity contribution is 7.89. The zero-order valence-electron chi connectivity index (χ0n) is 11.2. The van der Waals surface area contributed by atoms with Gasteiger partial charge < -0.3 is 4.74 Å². The van der Waals surface area contributed by atoms with Gasteiger partial charge in [0.25, 0.3) is 0 Å². The number of sulfonamides is 1. The molecular formula is C12H15N3O4S. The monoisotopic (exact) mass is 297 g/mol. The second-order valence-electron chi connectivity index (χ2n) is 3.96. The van der Waals surface area contributed by atoms with Crippen molar-refractivity contribution in [3.8, 4) is 6.07 Å². The van der Waals surface area contributed by atoms with E-state index in [1.807, 2.05) is 13.0 Å².